The lowest BCUT2D eigenvalue weighted by Gasteiger charge is -2.10. The van der Waals surface area contributed by atoms with Crippen molar-refractivity contribution < 1.29 is 4.79 Å². The van der Waals surface area contributed by atoms with Crippen LogP contribution in [0.5, 0.6) is 0 Å². The van der Waals surface area contributed by atoms with Gasteiger partial charge in [-0.2, -0.15) is 0 Å². The molecule has 0 aliphatic carbocycles. The van der Waals surface area contributed by atoms with E-state index >= 15 is 0 Å². The van der Waals surface area contributed by atoms with E-state index < -0.39 is 0 Å². The molecule has 0 spiro atoms. The van der Waals surface area contributed by atoms with Gasteiger partial charge in [-0.05, 0) is 81.3 Å². The highest BCUT2D eigenvalue weighted by molar-refractivity contribution is 14.1. The van der Waals surface area contributed by atoms with Gasteiger partial charge < -0.3 is 5.32 Å². The molecule has 0 fully saturated rings. The average Bonchev–Trinajstić information content (AvgIpc) is 3.05. The Morgan fingerprint density at radius 3 is 2.65 bits per heavy atom. The summed E-state index contributed by atoms with van der Waals surface area (Å²) in [5.74, 6) is 0.291. The number of nitrogens with one attached hydrogen (secondary N) is 1. The van der Waals surface area contributed by atoms with Gasteiger partial charge in [0, 0.05) is 13.7 Å². The molecule has 0 radical (unpaired) electrons. The van der Waals surface area contributed by atoms with Crippen molar-refractivity contribution in [3.05, 3.63) is 62.3 Å². The molecule has 1 N–H and O–H groups in total. The molecule has 0 aliphatic rings. The van der Waals surface area contributed by atoms with Gasteiger partial charge in [-0.25, -0.2) is 4.98 Å². The van der Waals surface area contributed by atoms with E-state index in [9.17, 15) is 4.79 Å². The summed E-state index contributed by atoms with van der Waals surface area (Å²) in [6, 6.07) is 9.39. The van der Waals surface area contributed by atoms with Crippen LogP contribution in [0.15, 0.2) is 47.5 Å². The van der Waals surface area contributed by atoms with E-state index in [0.29, 0.717) is 16.0 Å². The Kier molecular flexibility index (Phi) is 4.71. The maximum atomic E-state index is 12.5. The van der Waals surface area contributed by atoms with E-state index in [-0.39, 0.29) is 5.91 Å². The normalized spacial score (nSPS) is 10.6. The molecule has 3 aromatic rings. The lowest BCUT2D eigenvalue weighted by atomic mass is 10.2. The Labute approximate surface area is 154 Å². The molecule has 1 aromatic carbocycles. The molecule has 116 valence electrons. The first kappa shape index (κ1) is 16.1. The first-order valence-corrected chi connectivity index (χ1v) is 8.51. The number of nitrogens with zero attached hydrogens (tertiary/aromatic N) is 4. The quantitative estimate of drug-likeness (QED) is 0.578. The summed E-state index contributed by atoms with van der Waals surface area (Å²) in [5.41, 5.74) is 2.06. The molecule has 1 amide bonds. The smallest absolute Gasteiger partial charge is 0.275 e. The predicted molar refractivity (Wildman–Crippen MR) is 98.7 cm³/mol. The van der Waals surface area contributed by atoms with Gasteiger partial charge in [0.25, 0.3) is 5.91 Å². The van der Waals surface area contributed by atoms with Crippen LogP contribution in [0.1, 0.15) is 16.1 Å². The number of aryl methyl sites for hydroxylation is 1. The minimum atomic E-state index is -0.281. The Balaban J connectivity index is 1.91. The van der Waals surface area contributed by atoms with Crippen LogP contribution in [0.2, 0.25) is 0 Å². The van der Waals surface area contributed by atoms with Crippen molar-refractivity contribution in [2.75, 3.05) is 5.32 Å². The van der Waals surface area contributed by atoms with Gasteiger partial charge in [0.05, 0.1) is 0 Å². The number of anilines is 1. The molecule has 0 aliphatic heterocycles. The largest absolute Gasteiger partial charge is 0.320 e. The van der Waals surface area contributed by atoms with Gasteiger partial charge in [-0.15, -0.1) is 10.2 Å². The SMILES string of the molecule is Cc1cc(I)ccc1NC(=O)c1nc(-n2cnnc2)ccc1Br. The highest BCUT2D eigenvalue weighted by Crippen LogP contribution is 2.21. The van der Waals surface area contributed by atoms with Crippen LogP contribution in [0.25, 0.3) is 5.82 Å². The first-order chi connectivity index (χ1) is 11.0. The van der Waals surface area contributed by atoms with E-state index in [1.165, 1.54) is 12.7 Å². The number of halogens is 2. The van der Waals surface area contributed by atoms with Gasteiger partial charge in [-0.1, -0.05) is 0 Å². The second kappa shape index (κ2) is 6.75. The van der Waals surface area contributed by atoms with Crippen molar-refractivity contribution in [3.8, 4) is 5.82 Å². The number of pyridine rings is 1. The van der Waals surface area contributed by atoms with E-state index in [1.807, 2.05) is 25.1 Å². The zero-order chi connectivity index (χ0) is 16.4. The summed E-state index contributed by atoms with van der Waals surface area (Å²) in [6.07, 6.45) is 3.06. The summed E-state index contributed by atoms with van der Waals surface area (Å²) in [4.78, 5) is 16.9. The lowest BCUT2D eigenvalue weighted by molar-refractivity contribution is 0.102. The summed E-state index contributed by atoms with van der Waals surface area (Å²) in [6.45, 7) is 1.95. The summed E-state index contributed by atoms with van der Waals surface area (Å²) in [5, 5.41) is 10.4. The second-order valence-corrected chi connectivity index (χ2v) is 6.88. The van der Waals surface area contributed by atoms with Gasteiger partial charge in [0.2, 0.25) is 0 Å². The van der Waals surface area contributed by atoms with E-state index in [2.05, 4.69) is 59.0 Å². The van der Waals surface area contributed by atoms with E-state index in [1.54, 1.807) is 16.7 Å². The maximum Gasteiger partial charge on any atom is 0.275 e. The number of carbonyl (C=O) groups is 1. The van der Waals surface area contributed by atoms with Crippen molar-refractivity contribution in [1.29, 1.82) is 0 Å². The molecule has 0 saturated heterocycles. The topological polar surface area (TPSA) is 72.7 Å². The van der Waals surface area contributed by atoms with Crippen LogP contribution in [0.4, 0.5) is 5.69 Å². The zero-order valence-electron chi connectivity index (χ0n) is 12.0. The number of benzene rings is 1. The third-order valence-corrected chi connectivity index (χ3v) is 4.48. The first-order valence-electron chi connectivity index (χ1n) is 6.63. The minimum absolute atomic E-state index is 0.281. The van der Waals surface area contributed by atoms with Crippen molar-refractivity contribution in [1.82, 2.24) is 19.7 Å². The fourth-order valence-corrected chi connectivity index (χ4v) is 3.05. The van der Waals surface area contributed by atoms with Crippen LogP contribution in [0, 0.1) is 10.5 Å². The fraction of sp³-hybridized carbons (Fsp3) is 0.0667. The number of amides is 1. The third-order valence-electron chi connectivity index (χ3n) is 3.17. The summed E-state index contributed by atoms with van der Waals surface area (Å²) < 4.78 is 3.38. The van der Waals surface area contributed by atoms with E-state index in [0.717, 1.165) is 14.8 Å². The van der Waals surface area contributed by atoms with E-state index in [4.69, 9.17) is 0 Å². The van der Waals surface area contributed by atoms with Crippen LogP contribution >= 0.6 is 38.5 Å². The molecule has 0 atom stereocenters. The lowest BCUT2D eigenvalue weighted by Crippen LogP contribution is -2.16. The standard InChI is InChI=1S/C15H11BrIN5O/c1-9-6-10(17)2-4-12(9)20-15(23)14-11(16)3-5-13(21-14)22-7-18-19-8-22/h2-8H,1H3,(H,20,23). The third kappa shape index (κ3) is 3.58. The van der Waals surface area contributed by atoms with Crippen LogP contribution in [-0.2, 0) is 0 Å². The van der Waals surface area contributed by atoms with Crippen LogP contribution in [-0.4, -0.2) is 25.7 Å². The van der Waals surface area contributed by atoms with Crippen molar-refractivity contribution in [2.45, 2.75) is 6.92 Å². The predicted octanol–water partition coefficient (Wildman–Crippen LogP) is 3.59. The highest BCUT2D eigenvalue weighted by atomic mass is 127. The van der Waals surface area contributed by atoms with Crippen LogP contribution < -0.4 is 5.32 Å². The maximum absolute atomic E-state index is 12.5. The Bertz CT molecular complexity index is 866. The Hall–Kier alpha value is -1.81. The molecule has 0 saturated carbocycles. The van der Waals surface area contributed by atoms with Crippen LogP contribution in [0.3, 0.4) is 0 Å². The van der Waals surface area contributed by atoms with Gasteiger partial charge in [0.1, 0.15) is 24.2 Å². The van der Waals surface area contributed by atoms with Crippen molar-refractivity contribution in [2.24, 2.45) is 0 Å². The molecule has 2 heterocycles. The number of rotatable bonds is 3. The molecule has 23 heavy (non-hydrogen) atoms. The number of hydrogen-bond acceptors (Lipinski definition) is 4. The molecule has 2 aromatic heterocycles. The molecule has 6 nitrogen and oxygen atoms in total. The highest BCUT2D eigenvalue weighted by Gasteiger charge is 2.15. The molecule has 0 bridgehead atoms. The molecular weight excluding hydrogens is 473 g/mol. The van der Waals surface area contributed by atoms with Gasteiger partial charge in [-0.3, -0.25) is 9.36 Å². The molecule has 3 rings (SSSR count). The summed E-state index contributed by atoms with van der Waals surface area (Å²) in [7, 11) is 0. The molecular formula is C15H11BrIN5O. The van der Waals surface area contributed by atoms with Gasteiger partial charge in [0.15, 0.2) is 0 Å². The second-order valence-electron chi connectivity index (χ2n) is 4.78. The Morgan fingerprint density at radius 2 is 1.96 bits per heavy atom. The molecule has 0 unspecified atom stereocenters. The number of carbonyl (C=O) groups excluding carboxylic acids is 1. The Morgan fingerprint density at radius 1 is 1.22 bits per heavy atom. The number of aromatic nitrogens is 4. The van der Waals surface area contributed by atoms with Crippen molar-refractivity contribution in [3.63, 3.8) is 0 Å². The number of hydrogen-bond donors (Lipinski definition) is 1. The van der Waals surface area contributed by atoms with Gasteiger partial charge >= 0.3 is 0 Å². The average molecular weight is 484 g/mol. The minimum Gasteiger partial charge on any atom is -0.320 e. The summed E-state index contributed by atoms with van der Waals surface area (Å²) >= 11 is 5.61. The fourth-order valence-electron chi connectivity index (χ4n) is 2.00. The van der Waals surface area contributed by atoms with Crippen molar-refractivity contribution >= 4 is 50.1 Å². The monoisotopic (exact) mass is 483 g/mol. The molecule has 8 heteroatoms. The zero-order valence-corrected chi connectivity index (χ0v) is 15.7.